The molecule has 0 unspecified atom stereocenters. The van der Waals surface area contributed by atoms with Gasteiger partial charge in [-0.3, -0.25) is 4.79 Å². The van der Waals surface area contributed by atoms with Crippen molar-refractivity contribution < 1.29 is 14.3 Å². The Hall–Kier alpha value is -1.55. The second-order valence-corrected chi connectivity index (χ2v) is 6.02. The molecule has 0 spiro atoms. The monoisotopic (exact) mass is 291 g/mol. The van der Waals surface area contributed by atoms with Crippen LogP contribution < -0.4 is 9.64 Å². The Labute approximate surface area is 127 Å². The van der Waals surface area contributed by atoms with Gasteiger partial charge in [0.1, 0.15) is 5.75 Å². The summed E-state index contributed by atoms with van der Waals surface area (Å²) in [5, 5.41) is 0. The Morgan fingerprint density at radius 3 is 2.67 bits per heavy atom. The third kappa shape index (κ3) is 3.05. The lowest BCUT2D eigenvalue weighted by atomic mass is 9.99. The van der Waals surface area contributed by atoms with E-state index in [-0.39, 0.29) is 5.91 Å². The number of nitrogens with zero attached hydrogens (tertiary/aromatic N) is 1. The first-order valence-electron chi connectivity index (χ1n) is 7.54. The molecule has 21 heavy (non-hydrogen) atoms. The number of methoxy groups -OCH3 is 1. The van der Waals surface area contributed by atoms with Crippen molar-refractivity contribution in [1.29, 1.82) is 0 Å². The fraction of sp³-hybridized carbons (Fsp3) is 0.588. The first-order valence-corrected chi connectivity index (χ1v) is 7.54. The van der Waals surface area contributed by atoms with Crippen molar-refractivity contribution in [3.8, 4) is 5.75 Å². The van der Waals surface area contributed by atoms with Crippen LogP contribution in [-0.4, -0.2) is 31.8 Å². The van der Waals surface area contributed by atoms with E-state index in [1.54, 1.807) is 7.11 Å². The highest BCUT2D eigenvalue weighted by atomic mass is 16.5. The number of hydrogen-bond donors (Lipinski definition) is 0. The molecular weight excluding hydrogens is 266 g/mol. The molecule has 1 aromatic rings. The molecule has 0 bridgehead atoms. The van der Waals surface area contributed by atoms with Crippen molar-refractivity contribution in [2.24, 2.45) is 0 Å². The van der Waals surface area contributed by atoms with Gasteiger partial charge in [0.15, 0.2) is 5.60 Å². The number of carbonyl (C=O) groups excluding carboxylic acids is 1. The zero-order valence-corrected chi connectivity index (χ0v) is 13.7. The number of hydrogen-bond acceptors (Lipinski definition) is 3. The minimum Gasteiger partial charge on any atom is -0.476 e. The van der Waals surface area contributed by atoms with Crippen LogP contribution in [0, 0.1) is 6.92 Å². The highest BCUT2D eigenvalue weighted by Crippen LogP contribution is 2.39. The maximum atomic E-state index is 12.6. The number of amides is 1. The van der Waals surface area contributed by atoms with Crippen molar-refractivity contribution >= 4 is 11.6 Å². The lowest BCUT2D eigenvalue weighted by Gasteiger charge is -2.39. The van der Waals surface area contributed by atoms with Gasteiger partial charge < -0.3 is 14.4 Å². The Balaban J connectivity index is 2.41. The fourth-order valence-electron chi connectivity index (χ4n) is 2.73. The maximum absolute atomic E-state index is 12.6. The SMILES string of the molecule is CCc1cc2c(cc1C)N(CCCOC)C(=O)C(C)(C)O2. The number of carbonyl (C=O) groups is 1. The molecule has 1 aliphatic rings. The Kier molecular flexibility index (Phi) is 4.57. The summed E-state index contributed by atoms with van der Waals surface area (Å²) in [6.07, 6.45) is 1.77. The summed E-state index contributed by atoms with van der Waals surface area (Å²) in [4.78, 5) is 14.5. The summed E-state index contributed by atoms with van der Waals surface area (Å²) in [6, 6.07) is 4.14. The van der Waals surface area contributed by atoms with Gasteiger partial charge in [0.2, 0.25) is 0 Å². The lowest BCUT2D eigenvalue weighted by molar-refractivity contribution is -0.132. The summed E-state index contributed by atoms with van der Waals surface area (Å²) < 4.78 is 11.0. The van der Waals surface area contributed by atoms with Crippen molar-refractivity contribution in [1.82, 2.24) is 0 Å². The number of rotatable bonds is 5. The Morgan fingerprint density at radius 2 is 2.05 bits per heavy atom. The average Bonchev–Trinajstić information content (AvgIpc) is 2.43. The first kappa shape index (κ1) is 15.8. The zero-order chi connectivity index (χ0) is 15.6. The second-order valence-electron chi connectivity index (χ2n) is 6.02. The standard InChI is InChI=1S/C17H25NO3/c1-6-13-11-15-14(10-12(13)2)18(8-7-9-20-5)16(19)17(3,4)21-15/h10-11H,6-9H2,1-5H3. The number of benzene rings is 1. The lowest BCUT2D eigenvalue weighted by Crippen LogP contribution is -2.53. The molecule has 1 aliphatic heterocycles. The van der Waals surface area contributed by atoms with Crippen LogP contribution in [0.15, 0.2) is 12.1 Å². The predicted molar refractivity (Wildman–Crippen MR) is 84.1 cm³/mol. The van der Waals surface area contributed by atoms with Gasteiger partial charge in [-0.15, -0.1) is 0 Å². The first-order chi connectivity index (χ1) is 9.90. The smallest absolute Gasteiger partial charge is 0.270 e. The van der Waals surface area contributed by atoms with Gasteiger partial charge >= 0.3 is 0 Å². The predicted octanol–water partition coefficient (Wildman–Crippen LogP) is 3.10. The maximum Gasteiger partial charge on any atom is 0.270 e. The van der Waals surface area contributed by atoms with E-state index in [2.05, 4.69) is 26.0 Å². The van der Waals surface area contributed by atoms with Gasteiger partial charge in [0.05, 0.1) is 5.69 Å². The van der Waals surface area contributed by atoms with E-state index in [9.17, 15) is 4.79 Å². The molecule has 0 saturated heterocycles. The van der Waals surface area contributed by atoms with Gasteiger partial charge in [0.25, 0.3) is 5.91 Å². The van der Waals surface area contributed by atoms with Crippen LogP contribution in [0.4, 0.5) is 5.69 Å². The largest absolute Gasteiger partial charge is 0.476 e. The molecule has 0 atom stereocenters. The molecule has 0 radical (unpaired) electrons. The molecule has 0 saturated carbocycles. The van der Waals surface area contributed by atoms with Gasteiger partial charge in [-0.25, -0.2) is 0 Å². The van der Waals surface area contributed by atoms with Crippen LogP contribution in [-0.2, 0) is 16.0 Å². The number of fused-ring (bicyclic) bond motifs is 1. The van der Waals surface area contributed by atoms with Crippen LogP contribution in [0.3, 0.4) is 0 Å². The van der Waals surface area contributed by atoms with Crippen LogP contribution >= 0.6 is 0 Å². The summed E-state index contributed by atoms with van der Waals surface area (Å²) >= 11 is 0. The van der Waals surface area contributed by atoms with Crippen molar-refractivity contribution in [2.75, 3.05) is 25.2 Å². The molecule has 1 amide bonds. The van der Waals surface area contributed by atoms with E-state index in [0.29, 0.717) is 13.2 Å². The highest BCUT2D eigenvalue weighted by molar-refractivity contribution is 6.02. The van der Waals surface area contributed by atoms with Gasteiger partial charge in [-0.05, 0) is 56.9 Å². The van der Waals surface area contributed by atoms with E-state index in [4.69, 9.17) is 9.47 Å². The third-order valence-corrected chi connectivity index (χ3v) is 3.94. The van der Waals surface area contributed by atoms with Crippen molar-refractivity contribution in [2.45, 2.75) is 46.1 Å². The van der Waals surface area contributed by atoms with Crippen molar-refractivity contribution in [3.63, 3.8) is 0 Å². The molecule has 0 aromatic heterocycles. The quantitative estimate of drug-likeness (QED) is 0.783. The Bertz CT molecular complexity index is 537. The molecule has 4 heteroatoms. The minimum absolute atomic E-state index is 0.00903. The summed E-state index contributed by atoms with van der Waals surface area (Å²) in [5.41, 5.74) is 2.52. The van der Waals surface area contributed by atoms with Gasteiger partial charge in [-0.1, -0.05) is 6.92 Å². The molecule has 2 rings (SSSR count). The summed E-state index contributed by atoms with van der Waals surface area (Å²) in [6.45, 7) is 9.16. The van der Waals surface area contributed by atoms with Crippen LogP contribution in [0.2, 0.25) is 0 Å². The van der Waals surface area contributed by atoms with E-state index < -0.39 is 5.60 Å². The average molecular weight is 291 g/mol. The summed E-state index contributed by atoms with van der Waals surface area (Å²) in [5.74, 6) is 0.814. The van der Waals surface area contributed by atoms with Gasteiger partial charge in [0, 0.05) is 20.3 Å². The van der Waals surface area contributed by atoms with E-state index >= 15 is 0 Å². The topological polar surface area (TPSA) is 38.8 Å². The van der Waals surface area contributed by atoms with Crippen LogP contribution in [0.25, 0.3) is 0 Å². The van der Waals surface area contributed by atoms with E-state index in [1.165, 1.54) is 11.1 Å². The van der Waals surface area contributed by atoms with E-state index in [1.807, 2.05) is 18.7 Å². The molecule has 116 valence electrons. The molecule has 0 aliphatic carbocycles. The second kappa shape index (κ2) is 6.06. The molecule has 4 nitrogen and oxygen atoms in total. The van der Waals surface area contributed by atoms with Crippen molar-refractivity contribution in [3.05, 3.63) is 23.3 Å². The molecule has 0 N–H and O–H groups in total. The zero-order valence-electron chi connectivity index (χ0n) is 13.7. The summed E-state index contributed by atoms with van der Waals surface area (Å²) in [7, 11) is 1.68. The van der Waals surface area contributed by atoms with Gasteiger partial charge in [-0.2, -0.15) is 0 Å². The number of ether oxygens (including phenoxy) is 2. The van der Waals surface area contributed by atoms with Crippen LogP contribution in [0.5, 0.6) is 5.75 Å². The molecule has 1 aromatic carbocycles. The molecule has 1 heterocycles. The normalized spacial score (nSPS) is 16.6. The van der Waals surface area contributed by atoms with E-state index in [0.717, 1.165) is 24.3 Å². The third-order valence-electron chi connectivity index (χ3n) is 3.94. The molecule has 0 fully saturated rings. The number of anilines is 1. The Morgan fingerprint density at radius 1 is 1.33 bits per heavy atom. The minimum atomic E-state index is -0.819. The van der Waals surface area contributed by atoms with Crippen LogP contribution in [0.1, 0.15) is 38.3 Å². The fourth-order valence-corrected chi connectivity index (χ4v) is 2.73. The molecular formula is C17H25NO3. The number of aryl methyl sites for hydroxylation is 2. The highest BCUT2D eigenvalue weighted by Gasteiger charge is 2.40.